The van der Waals surface area contributed by atoms with Crippen molar-refractivity contribution in [3.8, 4) is 44.5 Å². The van der Waals surface area contributed by atoms with E-state index in [1.54, 1.807) is 0 Å². The molecule has 0 saturated heterocycles. The third-order valence-corrected chi connectivity index (χ3v) is 14.3. The van der Waals surface area contributed by atoms with Crippen LogP contribution in [0.15, 0.2) is 192 Å². The highest BCUT2D eigenvalue weighted by Crippen LogP contribution is 2.49. The van der Waals surface area contributed by atoms with Gasteiger partial charge < -0.3 is 9.32 Å². The van der Waals surface area contributed by atoms with Gasteiger partial charge in [0.15, 0.2) is 0 Å². The number of anilines is 3. The summed E-state index contributed by atoms with van der Waals surface area (Å²) in [5, 5.41) is 4.74. The summed E-state index contributed by atoms with van der Waals surface area (Å²) < 4.78 is 6.36. The Hall–Kier alpha value is -7.16. The fraction of sp³-hybridized carbons (Fsp3) is 0.235. The smallest absolute Gasteiger partial charge is 0.136 e. The molecule has 0 fully saturated rings. The van der Waals surface area contributed by atoms with E-state index in [2.05, 4.69) is 264 Å². The van der Waals surface area contributed by atoms with E-state index in [0.29, 0.717) is 0 Å². The largest absolute Gasteiger partial charge is 0.456 e. The van der Waals surface area contributed by atoms with E-state index in [4.69, 9.17) is 4.42 Å². The molecule has 0 atom stereocenters. The lowest BCUT2D eigenvalue weighted by Gasteiger charge is -2.31. The molecule has 0 N–H and O–H groups in total. The first-order chi connectivity index (χ1) is 33.2. The number of hydrogen-bond acceptors (Lipinski definition) is 2. The van der Waals surface area contributed by atoms with Gasteiger partial charge in [0.05, 0.1) is 11.4 Å². The van der Waals surface area contributed by atoms with E-state index in [0.717, 1.165) is 55.7 Å². The van der Waals surface area contributed by atoms with Crippen molar-refractivity contribution in [2.45, 2.75) is 105 Å². The lowest BCUT2D eigenvalue weighted by Crippen LogP contribution is -2.17. The summed E-state index contributed by atoms with van der Waals surface area (Å²) in [5.74, 6) is 0. The van der Waals surface area contributed by atoms with Crippen molar-refractivity contribution in [2.24, 2.45) is 0 Å². The normalized spacial score (nSPS) is 12.6. The van der Waals surface area contributed by atoms with Crippen molar-refractivity contribution < 1.29 is 4.42 Å². The summed E-state index contributed by atoms with van der Waals surface area (Å²) in [6.45, 7) is 27.9. The van der Waals surface area contributed by atoms with Crippen LogP contribution in [0.3, 0.4) is 0 Å². The molecule has 2 heteroatoms. The third kappa shape index (κ3) is 8.86. The van der Waals surface area contributed by atoms with Gasteiger partial charge in [-0.25, -0.2) is 0 Å². The van der Waals surface area contributed by atoms with Crippen molar-refractivity contribution in [1.82, 2.24) is 0 Å². The van der Waals surface area contributed by atoms with Gasteiger partial charge in [0.2, 0.25) is 0 Å². The molecule has 2 nitrogen and oxygen atoms in total. The van der Waals surface area contributed by atoms with E-state index in [1.165, 1.54) is 60.8 Å². The number of rotatable bonds is 7. The SMILES string of the molecule is CC(C)(C)c1cc(-c2ccccc2N(c2ccc(-c3ccc4c(c3)oc3ccccc34)cc2)c2ccccc2-c2cccc3cccc(-c4cc(C(C)(C)C)cc(C(C)(C)C)c4)c23)cc(C(C)(C)C)c1. The van der Waals surface area contributed by atoms with Crippen LogP contribution in [0.5, 0.6) is 0 Å². The highest BCUT2D eigenvalue weighted by Gasteiger charge is 2.27. The molecule has 9 aromatic carbocycles. The van der Waals surface area contributed by atoms with E-state index in [9.17, 15) is 0 Å². The summed E-state index contributed by atoms with van der Waals surface area (Å²) in [7, 11) is 0. The van der Waals surface area contributed by atoms with Gasteiger partial charge in [-0.1, -0.05) is 229 Å². The molecule has 0 amide bonds. The maximum Gasteiger partial charge on any atom is 0.136 e. The lowest BCUT2D eigenvalue weighted by atomic mass is 9.78. The molecular formula is C68H67NO. The Morgan fingerprint density at radius 2 is 0.757 bits per heavy atom. The van der Waals surface area contributed by atoms with Crippen LogP contribution in [0.4, 0.5) is 17.1 Å². The van der Waals surface area contributed by atoms with Crippen molar-refractivity contribution in [3.05, 3.63) is 210 Å². The third-order valence-electron chi connectivity index (χ3n) is 14.3. The number of furan rings is 1. The maximum atomic E-state index is 6.36. The van der Waals surface area contributed by atoms with Crippen LogP contribution in [0, 0.1) is 0 Å². The molecule has 10 aromatic rings. The van der Waals surface area contributed by atoms with Gasteiger partial charge in [-0.05, 0) is 131 Å². The predicted molar refractivity (Wildman–Crippen MR) is 302 cm³/mol. The van der Waals surface area contributed by atoms with Crippen molar-refractivity contribution in [1.29, 1.82) is 0 Å². The van der Waals surface area contributed by atoms with Crippen LogP contribution in [-0.2, 0) is 21.7 Å². The molecule has 1 aromatic heterocycles. The van der Waals surface area contributed by atoms with E-state index >= 15 is 0 Å². The molecule has 350 valence electrons. The first-order valence-corrected chi connectivity index (χ1v) is 25.1. The molecule has 0 saturated carbocycles. The standard InChI is InChI=1S/C68H67NO/c1-65(2,3)49-37-47(38-50(42-49)66(4,5)6)54-23-13-16-28-60(54)69(53-34-31-44(32-35-53)46-33-36-58-57-25-15-18-30-62(57)70-63(58)41-46)61-29-17-14-24-56(61)59-27-20-22-45-21-19-26-55(64(45)59)48-39-51(67(7,8)9)43-52(40-48)68(10,11)12/h13-43H,1-12H3. The number of fused-ring (bicyclic) bond motifs is 4. The van der Waals surface area contributed by atoms with E-state index in [-0.39, 0.29) is 21.7 Å². The fourth-order valence-corrected chi connectivity index (χ4v) is 10.0. The highest BCUT2D eigenvalue weighted by molar-refractivity contribution is 6.09. The number of hydrogen-bond donors (Lipinski definition) is 0. The zero-order chi connectivity index (χ0) is 49.3. The van der Waals surface area contributed by atoms with Gasteiger partial charge in [0.25, 0.3) is 0 Å². The molecule has 0 radical (unpaired) electrons. The van der Waals surface area contributed by atoms with Crippen molar-refractivity contribution in [3.63, 3.8) is 0 Å². The summed E-state index contributed by atoms with van der Waals surface area (Å²) >= 11 is 0. The minimum Gasteiger partial charge on any atom is -0.456 e. The average Bonchev–Trinajstić information content (AvgIpc) is 3.71. The first kappa shape index (κ1) is 46.6. The van der Waals surface area contributed by atoms with E-state index in [1.807, 2.05) is 12.1 Å². The molecule has 70 heavy (non-hydrogen) atoms. The Labute approximate surface area is 416 Å². The molecule has 0 spiro atoms. The van der Waals surface area contributed by atoms with Crippen LogP contribution in [0.2, 0.25) is 0 Å². The van der Waals surface area contributed by atoms with Crippen LogP contribution in [0.25, 0.3) is 77.2 Å². The second-order valence-electron chi connectivity index (χ2n) is 23.5. The minimum absolute atomic E-state index is 0.0142. The Morgan fingerprint density at radius 1 is 0.314 bits per heavy atom. The van der Waals surface area contributed by atoms with E-state index < -0.39 is 0 Å². The van der Waals surface area contributed by atoms with Gasteiger partial charge in [-0.2, -0.15) is 0 Å². The van der Waals surface area contributed by atoms with Crippen LogP contribution >= 0.6 is 0 Å². The number of benzene rings is 9. The topological polar surface area (TPSA) is 16.4 Å². The zero-order valence-corrected chi connectivity index (χ0v) is 43.3. The molecule has 0 aliphatic rings. The van der Waals surface area contributed by atoms with Crippen molar-refractivity contribution in [2.75, 3.05) is 4.90 Å². The molecule has 0 aliphatic carbocycles. The monoisotopic (exact) mass is 914 g/mol. The summed E-state index contributed by atoms with van der Waals surface area (Å²) in [6, 6.07) is 70.2. The second-order valence-corrected chi connectivity index (χ2v) is 23.5. The highest BCUT2D eigenvalue weighted by atomic mass is 16.3. The molecular weight excluding hydrogens is 847 g/mol. The Morgan fingerprint density at radius 3 is 1.33 bits per heavy atom. The molecule has 0 bridgehead atoms. The summed E-state index contributed by atoms with van der Waals surface area (Å²) in [6.07, 6.45) is 0. The van der Waals surface area contributed by atoms with Gasteiger partial charge >= 0.3 is 0 Å². The zero-order valence-electron chi connectivity index (χ0n) is 43.3. The number of para-hydroxylation sites is 3. The van der Waals surface area contributed by atoms with Gasteiger partial charge in [-0.3, -0.25) is 0 Å². The summed E-state index contributed by atoms with van der Waals surface area (Å²) in [4.78, 5) is 2.50. The second kappa shape index (κ2) is 17.4. The molecule has 10 rings (SSSR count). The average molecular weight is 914 g/mol. The maximum absolute atomic E-state index is 6.36. The van der Waals surface area contributed by atoms with Crippen LogP contribution in [-0.4, -0.2) is 0 Å². The Kier molecular flexibility index (Phi) is 11.5. The van der Waals surface area contributed by atoms with Crippen LogP contribution < -0.4 is 4.90 Å². The molecule has 1 heterocycles. The quantitative estimate of drug-likeness (QED) is 0.158. The number of nitrogens with zero attached hydrogens (tertiary/aromatic N) is 1. The van der Waals surface area contributed by atoms with Gasteiger partial charge in [0, 0.05) is 27.6 Å². The first-order valence-electron chi connectivity index (χ1n) is 25.1. The Bertz CT molecular complexity index is 3500. The van der Waals surface area contributed by atoms with Gasteiger partial charge in [0.1, 0.15) is 11.2 Å². The fourth-order valence-electron chi connectivity index (χ4n) is 10.0. The summed E-state index contributed by atoms with van der Waals surface area (Å²) in [5.41, 5.74) is 19.9. The lowest BCUT2D eigenvalue weighted by molar-refractivity contribution is 0.568. The van der Waals surface area contributed by atoms with Gasteiger partial charge in [-0.15, -0.1) is 0 Å². The molecule has 0 aliphatic heterocycles. The molecule has 0 unspecified atom stereocenters. The Balaban J connectivity index is 1.20. The predicted octanol–water partition coefficient (Wildman–Crippen LogP) is 20.1. The van der Waals surface area contributed by atoms with Crippen LogP contribution in [0.1, 0.15) is 105 Å². The van der Waals surface area contributed by atoms with Crippen molar-refractivity contribution >= 4 is 49.8 Å². The minimum atomic E-state index is -0.0371.